The molecule has 1 amide bonds. The summed E-state index contributed by atoms with van der Waals surface area (Å²) in [4.78, 5) is 45.0. The Balaban J connectivity index is 0.00000841. The molecule has 1 aromatic heterocycles. The van der Waals surface area contributed by atoms with Crippen LogP contribution in [0.5, 0.6) is 0 Å². The van der Waals surface area contributed by atoms with Gasteiger partial charge in [-0.1, -0.05) is 0 Å². The second-order valence-corrected chi connectivity index (χ2v) is 6.67. The summed E-state index contributed by atoms with van der Waals surface area (Å²) in [5.74, 6) is 0.785. The number of aromatic nitrogens is 2. The van der Waals surface area contributed by atoms with Crippen molar-refractivity contribution in [3.63, 3.8) is 0 Å². The van der Waals surface area contributed by atoms with Crippen molar-refractivity contribution in [2.75, 3.05) is 25.6 Å². The van der Waals surface area contributed by atoms with Crippen LogP contribution in [0.15, 0.2) is 16.8 Å². The Kier molecular flexibility index (Phi) is 13.2. The van der Waals surface area contributed by atoms with Crippen molar-refractivity contribution in [1.82, 2.24) is 14.9 Å². The molecular formula is C18H27ClN4O6S. The third-order valence-electron chi connectivity index (χ3n) is 3.60. The first kappa shape index (κ1) is 27.5. The van der Waals surface area contributed by atoms with Crippen molar-refractivity contribution in [3.8, 4) is 0 Å². The molecule has 0 unspecified atom stereocenters. The van der Waals surface area contributed by atoms with Gasteiger partial charge in [0.2, 0.25) is 6.41 Å². The predicted octanol–water partition coefficient (Wildman–Crippen LogP) is 3.43. The van der Waals surface area contributed by atoms with Crippen LogP contribution in [-0.2, 0) is 25.5 Å². The van der Waals surface area contributed by atoms with Gasteiger partial charge in [0.05, 0.1) is 26.4 Å². The second-order valence-electron chi connectivity index (χ2n) is 5.64. The fourth-order valence-electron chi connectivity index (χ4n) is 2.15. The molecule has 0 saturated heterocycles. The highest BCUT2D eigenvalue weighted by Gasteiger charge is 2.18. The quantitative estimate of drug-likeness (QED) is 0.407. The Hall–Kier alpha value is -2.53. The topological polar surface area (TPSA) is 134 Å². The van der Waals surface area contributed by atoms with Crippen LogP contribution >= 0.6 is 24.2 Å². The van der Waals surface area contributed by atoms with E-state index >= 15 is 0 Å². The van der Waals surface area contributed by atoms with Gasteiger partial charge in [0.15, 0.2) is 0 Å². The molecule has 0 aliphatic heterocycles. The monoisotopic (exact) mass is 462 g/mol. The van der Waals surface area contributed by atoms with E-state index in [0.29, 0.717) is 28.4 Å². The zero-order chi connectivity index (χ0) is 21.8. The number of nitrogens with zero attached hydrogens (tertiary/aromatic N) is 3. The number of ether oxygens (including phenoxy) is 3. The molecule has 0 atom stereocenters. The summed E-state index contributed by atoms with van der Waals surface area (Å²) in [6.07, 6.45) is 1.55. The molecule has 1 rings (SSSR count). The van der Waals surface area contributed by atoms with E-state index < -0.39 is 11.5 Å². The van der Waals surface area contributed by atoms with E-state index in [2.05, 4.69) is 9.97 Å². The molecule has 0 aliphatic carbocycles. The first-order valence-corrected chi connectivity index (χ1v) is 9.77. The average molecular weight is 463 g/mol. The van der Waals surface area contributed by atoms with Crippen LogP contribution in [0, 0.1) is 6.92 Å². The number of aryl methyl sites for hydroxylation is 1. The zero-order valence-electron chi connectivity index (χ0n) is 17.4. The first-order valence-electron chi connectivity index (χ1n) is 8.96. The Labute approximate surface area is 185 Å². The largest absolute Gasteiger partial charge is 0.508 e. The predicted molar refractivity (Wildman–Crippen MR) is 115 cm³/mol. The molecule has 1 aromatic rings. The maximum atomic E-state index is 11.9. The third-order valence-corrected chi connectivity index (χ3v) is 4.63. The molecule has 1 heterocycles. The summed E-state index contributed by atoms with van der Waals surface area (Å²) >= 11 is 0.827. The van der Waals surface area contributed by atoms with Crippen LogP contribution in [0.25, 0.3) is 0 Å². The molecule has 0 saturated carbocycles. The molecule has 0 radical (unpaired) electrons. The molecule has 0 spiro atoms. The van der Waals surface area contributed by atoms with Crippen LogP contribution in [0.4, 0.5) is 15.4 Å². The fraction of sp³-hybridized carbons (Fsp3) is 0.500. The van der Waals surface area contributed by atoms with Crippen molar-refractivity contribution >= 4 is 47.9 Å². The number of halogens is 1. The molecule has 0 fully saturated rings. The van der Waals surface area contributed by atoms with E-state index in [4.69, 9.17) is 19.9 Å². The van der Waals surface area contributed by atoms with Crippen molar-refractivity contribution in [2.24, 2.45) is 0 Å². The fourth-order valence-corrected chi connectivity index (χ4v) is 2.98. The summed E-state index contributed by atoms with van der Waals surface area (Å²) in [7, 11) is 0. The van der Waals surface area contributed by atoms with Gasteiger partial charge < -0.3 is 24.8 Å². The smallest absolute Gasteiger partial charge is 0.458 e. The van der Waals surface area contributed by atoms with Gasteiger partial charge in [0.1, 0.15) is 11.6 Å². The van der Waals surface area contributed by atoms with E-state index in [1.165, 1.54) is 4.90 Å². The minimum absolute atomic E-state index is 0. The highest BCUT2D eigenvalue weighted by Crippen LogP contribution is 2.28. The lowest BCUT2D eigenvalue weighted by Gasteiger charge is -2.22. The second kappa shape index (κ2) is 14.5. The van der Waals surface area contributed by atoms with Gasteiger partial charge in [-0.05, 0) is 39.5 Å². The van der Waals surface area contributed by atoms with Crippen molar-refractivity contribution < 1.29 is 28.6 Å². The van der Waals surface area contributed by atoms with Gasteiger partial charge in [0, 0.05) is 28.8 Å². The van der Waals surface area contributed by atoms with Crippen molar-refractivity contribution in [3.05, 3.63) is 28.2 Å². The number of carbonyl (C=O) groups excluding carboxylic acids is 3. The van der Waals surface area contributed by atoms with E-state index in [9.17, 15) is 14.4 Å². The van der Waals surface area contributed by atoms with E-state index in [1.54, 1.807) is 33.9 Å². The number of nitrogens with two attached hydrogens (primary N) is 1. The van der Waals surface area contributed by atoms with Gasteiger partial charge in [-0.25, -0.2) is 19.6 Å². The van der Waals surface area contributed by atoms with Crippen molar-refractivity contribution in [2.45, 2.75) is 40.7 Å². The standard InChI is InChI=1S/C18H26N4O6S.ClH/c1-5-26-17(24)28-8-7-15(29-18(25)27-6-2)12(3)22(11-23)10-14-9-20-13(4)21-16(14)19;/h9,11H,5-8,10H2,1-4H3,(H2,19,20,21);1H/b15-12+;. The molecule has 0 aliphatic rings. The van der Waals surface area contributed by atoms with Crippen molar-refractivity contribution in [1.29, 1.82) is 0 Å². The number of nitrogen functional groups attached to an aromatic ring is 1. The minimum atomic E-state index is -0.803. The summed E-state index contributed by atoms with van der Waals surface area (Å²) in [5.41, 5.74) is 6.95. The van der Waals surface area contributed by atoms with E-state index in [0.717, 1.165) is 11.8 Å². The highest BCUT2D eigenvalue weighted by molar-refractivity contribution is 8.16. The van der Waals surface area contributed by atoms with Gasteiger partial charge >= 0.3 is 11.5 Å². The zero-order valence-corrected chi connectivity index (χ0v) is 19.0. The lowest BCUT2D eigenvalue weighted by atomic mass is 10.2. The molecule has 0 bridgehead atoms. The third kappa shape index (κ3) is 9.31. The Morgan fingerprint density at radius 1 is 1.23 bits per heavy atom. The summed E-state index contributed by atoms with van der Waals surface area (Å²) in [5, 5.41) is -0.526. The Morgan fingerprint density at radius 2 is 1.90 bits per heavy atom. The van der Waals surface area contributed by atoms with Crippen LogP contribution < -0.4 is 5.73 Å². The molecule has 2 N–H and O–H groups in total. The van der Waals surface area contributed by atoms with E-state index in [1.807, 2.05) is 0 Å². The van der Waals surface area contributed by atoms with Gasteiger partial charge in [0.25, 0.3) is 0 Å². The van der Waals surface area contributed by atoms with Crippen LogP contribution in [0.1, 0.15) is 38.6 Å². The lowest BCUT2D eigenvalue weighted by Crippen LogP contribution is -2.22. The minimum Gasteiger partial charge on any atom is -0.458 e. The Morgan fingerprint density at radius 3 is 2.47 bits per heavy atom. The number of hydrogen-bond donors (Lipinski definition) is 1. The number of amides is 1. The van der Waals surface area contributed by atoms with Gasteiger partial charge in [-0.15, -0.1) is 12.4 Å². The summed E-state index contributed by atoms with van der Waals surface area (Å²) in [6.45, 7) is 7.23. The highest BCUT2D eigenvalue weighted by atomic mass is 35.5. The van der Waals surface area contributed by atoms with E-state index in [-0.39, 0.29) is 51.0 Å². The molecular weight excluding hydrogens is 436 g/mol. The maximum absolute atomic E-state index is 11.9. The SMILES string of the molecule is CCOC(=O)OCC/C(SC(=O)OCC)=C(/C)N(C=O)Cc1cnc(C)nc1N.Cl. The maximum Gasteiger partial charge on any atom is 0.508 e. The number of hydrogen-bond acceptors (Lipinski definition) is 10. The first-order chi connectivity index (χ1) is 13.8. The number of allylic oxidation sites excluding steroid dienone is 1. The molecule has 168 valence electrons. The normalized spacial score (nSPS) is 10.9. The number of thioether (sulfide) groups is 1. The Bertz CT molecular complexity index is 762. The number of carbonyl (C=O) groups is 3. The number of anilines is 1. The molecule has 0 aromatic carbocycles. The van der Waals surface area contributed by atoms with Gasteiger partial charge in [-0.2, -0.15) is 0 Å². The molecule has 30 heavy (non-hydrogen) atoms. The molecule has 12 heteroatoms. The van der Waals surface area contributed by atoms with Crippen LogP contribution in [0.2, 0.25) is 0 Å². The van der Waals surface area contributed by atoms with Crippen LogP contribution in [0.3, 0.4) is 0 Å². The summed E-state index contributed by atoms with van der Waals surface area (Å²) < 4.78 is 14.6. The summed E-state index contributed by atoms with van der Waals surface area (Å²) in [6, 6.07) is 0. The van der Waals surface area contributed by atoms with Crippen LogP contribution in [-0.4, -0.2) is 52.6 Å². The average Bonchev–Trinajstić information content (AvgIpc) is 2.66. The number of rotatable bonds is 10. The lowest BCUT2D eigenvalue weighted by molar-refractivity contribution is -0.116. The van der Waals surface area contributed by atoms with Gasteiger partial charge in [-0.3, -0.25) is 4.79 Å². The molecule has 10 nitrogen and oxygen atoms in total.